The standard InChI is InChI=1S/C23H21O5S2/c1-2-23(24)28-16-15-27-17-11-13-18(14-12-17)29-19-7-3-5-9-21(19)30(25,26)22-10-6-4-8-20(22)29/h3-14H,2,15-16H2,1H3/q+1. The van der Waals surface area contributed by atoms with E-state index in [-0.39, 0.29) is 19.2 Å². The van der Waals surface area contributed by atoms with E-state index in [1.165, 1.54) is 0 Å². The highest BCUT2D eigenvalue weighted by molar-refractivity contribution is 8.00. The van der Waals surface area contributed by atoms with Crippen LogP contribution in [-0.2, 0) is 30.3 Å². The summed E-state index contributed by atoms with van der Waals surface area (Å²) in [6.45, 7) is 2.23. The Morgan fingerprint density at radius 1 is 0.833 bits per heavy atom. The Morgan fingerprint density at radius 3 is 1.97 bits per heavy atom. The molecule has 0 aromatic heterocycles. The molecule has 0 saturated carbocycles. The van der Waals surface area contributed by atoms with Gasteiger partial charge in [-0.3, -0.25) is 4.79 Å². The van der Waals surface area contributed by atoms with Crippen LogP contribution in [0.2, 0.25) is 0 Å². The van der Waals surface area contributed by atoms with E-state index in [2.05, 4.69) is 0 Å². The van der Waals surface area contributed by atoms with Gasteiger partial charge in [-0.1, -0.05) is 31.2 Å². The maximum Gasteiger partial charge on any atom is 0.305 e. The van der Waals surface area contributed by atoms with E-state index < -0.39 is 20.7 Å². The van der Waals surface area contributed by atoms with Crippen LogP contribution < -0.4 is 4.74 Å². The van der Waals surface area contributed by atoms with Crippen LogP contribution in [0.25, 0.3) is 0 Å². The monoisotopic (exact) mass is 441 g/mol. The molecular weight excluding hydrogens is 420 g/mol. The number of rotatable bonds is 6. The molecule has 0 saturated heterocycles. The van der Waals surface area contributed by atoms with Gasteiger partial charge >= 0.3 is 5.97 Å². The Labute approximate surface area is 178 Å². The molecule has 1 aliphatic heterocycles. The topological polar surface area (TPSA) is 69.7 Å². The van der Waals surface area contributed by atoms with Crippen molar-refractivity contribution in [3.8, 4) is 5.75 Å². The van der Waals surface area contributed by atoms with E-state index in [0.717, 1.165) is 14.7 Å². The fraction of sp³-hybridized carbons (Fsp3) is 0.174. The zero-order valence-corrected chi connectivity index (χ0v) is 18.0. The lowest BCUT2D eigenvalue weighted by molar-refractivity contribution is -0.143. The molecule has 0 atom stereocenters. The van der Waals surface area contributed by atoms with Gasteiger partial charge in [0.1, 0.15) is 39.6 Å². The minimum Gasteiger partial charge on any atom is -0.490 e. The van der Waals surface area contributed by atoms with Gasteiger partial charge in [0.05, 0.1) is 0 Å². The van der Waals surface area contributed by atoms with Crippen molar-refractivity contribution in [3.63, 3.8) is 0 Å². The first-order valence-corrected chi connectivity index (χ1v) is 12.3. The molecule has 0 radical (unpaired) electrons. The molecule has 1 aliphatic rings. The molecule has 0 spiro atoms. The average Bonchev–Trinajstić information content (AvgIpc) is 2.78. The summed E-state index contributed by atoms with van der Waals surface area (Å²) >= 11 is 0. The molecule has 0 amide bonds. The van der Waals surface area contributed by atoms with E-state index >= 15 is 0 Å². The summed E-state index contributed by atoms with van der Waals surface area (Å²) in [6.07, 6.45) is 0.343. The second-order valence-electron chi connectivity index (χ2n) is 6.60. The van der Waals surface area contributed by atoms with Crippen LogP contribution in [0.3, 0.4) is 0 Å². The highest BCUT2D eigenvalue weighted by Gasteiger charge is 2.44. The zero-order chi connectivity index (χ0) is 21.1. The maximum atomic E-state index is 13.1. The van der Waals surface area contributed by atoms with E-state index in [1.807, 2.05) is 48.5 Å². The van der Waals surface area contributed by atoms with Gasteiger partial charge in [-0.2, -0.15) is 0 Å². The second-order valence-corrected chi connectivity index (χ2v) is 10.4. The number of esters is 1. The Kier molecular flexibility index (Phi) is 5.83. The van der Waals surface area contributed by atoms with Gasteiger partial charge in [0.15, 0.2) is 14.7 Å². The van der Waals surface area contributed by atoms with Gasteiger partial charge < -0.3 is 9.47 Å². The van der Waals surface area contributed by atoms with Gasteiger partial charge in [-0.25, -0.2) is 8.42 Å². The van der Waals surface area contributed by atoms with Gasteiger partial charge in [-0.15, -0.1) is 0 Å². The number of sulfone groups is 1. The summed E-state index contributed by atoms with van der Waals surface area (Å²) in [5.41, 5.74) is 0. The number of fused-ring (bicyclic) bond motifs is 2. The summed E-state index contributed by atoms with van der Waals surface area (Å²) in [6, 6.07) is 22.0. The SMILES string of the molecule is CCC(=O)OCCOc1ccc([S+]2c3ccccc3S(=O)(=O)c3ccccc32)cc1. The Balaban J connectivity index is 1.62. The van der Waals surface area contributed by atoms with Crippen molar-refractivity contribution in [2.45, 2.75) is 37.8 Å². The second kappa shape index (κ2) is 8.53. The van der Waals surface area contributed by atoms with Crippen LogP contribution in [0.4, 0.5) is 0 Å². The summed E-state index contributed by atoms with van der Waals surface area (Å²) < 4.78 is 36.8. The lowest BCUT2D eigenvalue weighted by Gasteiger charge is -2.19. The fourth-order valence-electron chi connectivity index (χ4n) is 3.26. The minimum atomic E-state index is -3.53. The van der Waals surface area contributed by atoms with Gasteiger partial charge in [0.25, 0.3) is 0 Å². The molecule has 30 heavy (non-hydrogen) atoms. The van der Waals surface area contributed by atoms with E-state index in [9.17, 15) is 13.2 Å². The molecular formula is C23H21O5S2+. The molecule has 3 aromatic carbocycles. The fourth-order valence-corrected chi connectivity index (χ4v) is 7.96. The first kappa shape index (κ1) is 20.5. The molecule has 1 heterocycles. The maximum absolute atomic E-state index is 13.1. The van der Waals surface area contributed by atoms with Crippen LogP contribution in [0.1, 0.15) is 13.3 Å². The van der Waals surface area contributed by atoms with Crippen molar-refractivity contribution >= 4 is 26.7 Å². The number of benzene rings is 3. The third-order valence-corrected chi connectivity index (χ3v) is 9.14. The molecule has 5 nitrogen and oxygen atoms in total. The first-order chi connectivity index (χ1) is 14.5. The molecule has 0 bridgehead atoms. The van der Waals surface area contributed by atoms with Crippen LogP contribution in [-0.4, -0.2) is 27.6 Å². The van der Waals surface area contributed by atoms with Gasteiger partial charge in [0.2, 0.25) is 9.84 Å². The van der Waals surface area contributed by atoms with Crippen molar-refractivity contribution < 1.29 is 22.7 Å². The van der Waals surface area contributed by atoms with Crippen LogP contribution >= 0.6 is 0 Å². The molecule has 0 fully saturated rings. The quantitative estimate of drug-likeness (QED) is 0.254. The number of ether oxygens (including phenoxy) is 2. The van der Waals surface area contributed by atoms with Crippen molar-refractivity contribution in [2.24, 2.45) is 0 Å². The third kappa shape index (κ3) is 3.82. The smallest absolute Gasteiger partial charge is 0.305 e. The molecule has 0 aliphatic carbocycles. The Bertz CT molecular complexity index is 1120. The Hall–Kier alpha value is -2.77. The van der Waals surface area contributed by atoms with E-state index in [0.29, 0.717) is 22.0 Å². The van der Waals surface area contributed by atoms with Crippen molar-refractivity contribution in [3.05, 3.63) is 72.8 Å². The predicted octanol–water partition coefficient (Wildman–Crippen LogP) is 4.26. The molecule has 4 rings (SSSR count). The highest BCUT2D eigenvalue weighted by atomic mass is 32.2. The summed E-state index contributed by atoms with van der Waals surface area (Å²) in [7, 11) is -4.07. The average molecular weight is 442 g/mol. The molecule has 0 N–H and O–H groups in total. The van der Waals surface area contributed by atoms with Crippen molar-refractivity contribution in [1.82, 2.24) is 0 Å². The highest BCUT2D eigenvalue weighted by Crippen LogP contribution is 2.44. The lowest BCUT2D eigenvalue weighted by Crippen LogP contribution is -2.20. The zero-order valence-electron chi connectivity index (χ0n) is 16.4. The molecule has 3 aromatic rings. The summed E-state index contributed by atoms with van der Waals surface area (Å²) in [5.74, 6) is 0.417. The van der Waals surface area contributed by atoms with E-state index in [1.54, 1.807) is 31.2 Å². The normalized spacial score (nSPS) is 14.4. The number of hydrogen-bond donors (Lipinski definition) is 0. The number of carbonyl (C=O) groups excluding carboxylic acids is 1. The van der Waals surface area contributed by atoms with Crippen LogP contribution in [0.15, 0.2) is 97.3 Å². The van der Waals surface area contributed by atoms with Gasteiger partial charge in [0, 0.05) is 6.42 Å². The summed E-state index contributed by atoms with van der Waals surface area (Å²) in [5, 5.41) is 0. The minimum absolute atomic E-state index is 0.206. The molecule has 7 heteroatoms. The third-order valence-electron chi connectivity index (χ3n) is 4.68. The van der Waals surface area contributed by atoms with Crippen molar-refractivity contribution in [1.29, 1.82) is 0 Å². The van der Waals surface area contributed by atoms with Crippen LogP contribution in [0, 0.1) is 0 Å². The number of carbonyl (C=O) groups is 1. The molecule has 0 unspecified atom stereocenters. The van der Waals surface area contributed by atoms with Crippen molar-refractivity contribution in [2.75, 3.05) is 13.2 Å². The largest absolute Gasteiger partial charge is 0.490 e. The summed E-state index contributed by atoms with van der Waals surface area (Å²) in [4.78, 5) is 14.5. The Morgan fingerprint density at radius 2 is 1.40 bits per heavy atom. The van der Waals surface area contributed by atoms with Gasteiger partial charge in [-0.05, 0) is 48.5 Å². The first-order valence-electron chi connectivity index (χ1n) is 9.58. The molecule has 154 valence electrons. The lowest BCUT2D eigenvalue weighted by atomic mass is 10.3. The number of hydrogen-bond acceptors (Lipinski definition) is 5. The van der Waals surface area contributed by atoms with E-state index in [4.69, 9.17) is 9.47 Å². The van der Waals surface area contributed by atoms with Crippen LogP contribution in [0.5, 0.6) is 5.75 Å². The predicted molar refractivity (Wildman–Crippen MR) is 114 cm³/mol.